The molecule has 0 aliphatic carbocycles. The van der Waals surface area contributed by atoms with Crippen molar-refractivity contribution in [3.8, 4) is 33.9 Å². The van der Waals surface area contributed by atoms with Crippen LogP contribution in [0.2, 0.25) is 5.02 Å². The third-order valence-electron chi connectivity index (χ3n) is 5.84. The molecule has 8 nitrogen and oxygen atoms in total. The molecule has 0 bridgehead atoms. The molecule has 2 heterocycles. The maximum atomic E-state index is 12.7. The Morgan fingerprint density at radius 3 is 2.53 bits per heavy atom. The molecule has 3 aromatic rings. The van der Waals surface area contributed by atoms with Gasteiger partial charge in [-0.05, 0) is 24.2 Å². The molecule has 2 aromatic carbocycles. The number of carbonyl (C=O) groups is 1. The molecule has 0 spiro atoms. The highest BCUT2D eigenvalue weighted by Gasteiger charge is 2.26. The smallest absolute Gasteiger partial charge is 0.274 e. The van der Waals surface area contributed by atoms with Crippen LogP contribution in [0.1, 0.15) is 16.1 Å². The lowest BCUT2D eigenvalue weighted by atomic mass is 9.97. The average Bonchev–Trinajstić information content (AvgIpc) is 3.27. The molecule has 0 unspecified atom stereocenters. The van der Waals surface area contributed by atoms with Gasteiger partial charge in [0, 0.05) is 45.3 Å². The highest BCUT2D eigenvalue weighted by atomic mass is 35.5. The van der Waals surface area contributed by atoms with Crippen molar-refractivity contribution in [3.63, 3.8) is 0 Å². The van der Waals surface area contributed by atoms with Gasteiger partial charge in [0.05, 0.1) is 16.1 Å². The number of nitrogens with one attached hydrogen (secondary N) is 1. The lowest BCUT2D eigenvalue weighted by molar-refractivity contribution is 0.0942. The molecule has 1 aliphatic rings. The number of phenolic OH excluding ortho intramolecular Hbond substituents is 2. The number of benzene rings is 2. The fraction of sp³-hybridized carbons (Fsp3) is 0.333. The maximum Gasteiger partial charge on any atom is 0.274 e. The molecule has 0 radical (unpaired) electrons. The van der Waals surface area contributed by atoms with Gasteiger partial charge < -0.3 is 25.0 Å². The number of rotatable bonds is 7. The van der Waals surface area contributed by atoms with Crippen LogP contribution in [-0.2, 0) is 6.54 Å². The van der Waals surface area contributed by atoms with E-state index in [0.29, 0.717) is 11.1 Å². The van der Waals surface area contributed by atoms with Gasteiger partial charge in [-0.1, -0.05) is 41.0 Å². The lowest BCUT2D eigenvalue weighted by Crippen LogP contribution is -2.43. The number of amides is 1. The fourth-order valence-corrected chi connectivity index (χ4v) is 4.08. The Labute approximate surface area is 201 Å². The maximum absolute atomic E-state index is 12.7. The first-order chi connectivity index (χ1) is 16.4. The first-order valence-electron chi connectivity index (χ1n) is 10.9. The summed E-state index contributed by atoms with van der Waals surface area (Å²) in [5.74, 6) is -1.08. The van der Waals surface area contributed by atoms with E-state index in [4.69, 9.17) is 16.1 Å². The zero-order valence-electron chi connectivity index (χ0n) is 18.7. The molecule has 0 saturated carbocycles. The standard InChI is InChI=1S/C24H26ClFN4O4/c1-29-8-10-30(11-9-29)14-15-2-4-16(5-3-15)21-22(24(33)27-7-6-26)28-34-23(21)17-12-18(25)20(32)13-19(17)31/h2-5,12-13,31-32H,6-11,14H2,1H3,(H,27,33)/i26-1. The Kier molecular flexibility index (Phi) is 7.35. The number of hydrogen-bond donors (Lipinski definition) is 3. The van der Waals surface area contributed by atoms with Crippen molar-refractivity contribution in [2.45, 2.75) is 6.54 Å². The molecule has 0 atom stereocenters. The van der Waals surface area contributed by atoms with Gasteiger partial charge in [-0.15, -0.1) is 0 Å². The molecule has 34 heavy (non-hydrogen) atoms. The second-order valence-electron chi connectivity index (χ2n) is 8.28. The van der Waals surface area contributed by atoms with Crippen LogP contribution in [0.15, 0.2) is 40.9 Å². The van der Waals surface area contributed by atoms with E-state index in [1.165, 1.54) is 6.07 Å². The zero-order valence-corrected chi connectivity index (χ0v) is 19.5. The van der Waals surface area contributed by atoms with Crippen LogP contribution in [0.4, 0.5) is 4.39 Å². The van der Waals surface area contributed by atoms with E-state index in [-0.39, 0.29) is 40.1 Å². The number of aromatic nitrogens is 1. The molecular formula is C24H26ClFN4O4. The minimum absolute atomic E-state index is 0.00102. The first-order valence-corrected chi connectivity index (χ1v) is 11.3. The molecule has 180 valence electrons. The van der Waals surface area contributed by atoms with Gasteiger partial charge in [-0.3, -0.25) is 9.69 Å². The minimum Gasteiger partial charge on any atom is -0.507 e. The second kappa shape index (κ2) is 10.4. The van der Waals surface area contributed by atoms with Gasteiger partial charge in [0.25, 0.3) is 5.91 Å². The molecule has 10 heteroatoms. The van der Waals surface area contributed by atoms with Crippen LogP contribution >= 0.6 is 11.6 Å². The summed E-state index contributed by atoms with van der Waals surface area (Å²) in [6.45, 7) is 3.96. The predicted molar refractivity (Wildman–Crippen MR) is 127 cm³/mol. The molecule has 1 fully saturated rings. The number of nitrogens with zero attached hydrogens (tertiary/aromatic N) is 3. The van der Waals surface area contributed by atoms with E-state index in [0.717, 1.165) is 44.4 Å². The molecule has 4 rings (SSSR count). The van der Waals surface area contributed by atoms with Gasteiger partial charge in [0.1, 0.15) is 18.2 Å². The molecule has 1 amide bonds. The average molecular weight is 488 g/mol. The number of phenols is 2. The van der Waals surface area contributed by atoms with E-state index in [1.54, 1.807) is 0 Å². The van der Waals surface area contributed by atoms with Crippen molar-refractivity contribution in [2.24, 2.45) is 0 Å². The summed E-state index contributed by atoms with van der Waals surface area (Å²) in [6, 6.07) is 10.1. The topological polar surface area (TPSA) is 102 Å². The Morgan fingerprint density at radius 1 is 1.15 bits per heavy atom. The van der Waals surface area contributed by atoms with E-state index in [1.807, 2.05) is 24.3 Å². The van der Waals surface area contributed by atoms with E-state index >= 15 is 0 Å². The minimum atomic E-state index is -0.721. The Morgan fingerprint density at radius 2 is 1.85 bits per heavy atom. The molecule has 1 aliphatic heterocycles. The molecule has 1 saturated heterocycles. The van der Waals surface area contributed by atoms with Crippen LogP contribution in [-0.4, -0.2) is 77.5 Å². The summed E-state index contributed by atoms with van der Waals surface area (Å²) in [5, 5.41) is 26.5. The van der Waals surface area contributed by atoms with Crippen molar-refractivity contribution >= 4 is 17.5 Å². The van der Waals surface area contributed by atoms with E-state index in [9.17, 15) is 19.4 Å². The molecule has 3 N–H and O–H groups in total. The number of alkyl halides is 1. The Hall–Kier alpha value is -3.14. The summed E-state index contributed by atoms with van der Waals surface area (Å²) in [7, 11) is 2.11. The number of carbonyl (C=O) groups excluding carboxylic acids is 1. The predicted octanol–water partition coefficient (Wildman–Crippen LogP) is 3.52. The Bertz CT molecular complexity index is 1160. The van der Waals surface area contributed by atoms with E-state index in [2.05, 4.69) is 27.3 Å². The van der Waals surface area contributed by atoms with Crippen molar-refractivity contribution in [1.29, 1.82) is 0 Å². The Balaban J connectivity index is 1.69. The van der Waals surface area contributed by atoms with Gasteiger partial charge in [-0.2, -0.15) is 0 Å². The quantitative estimate of drug-likeness (QED) is 0.468. The summed E-state index contributed by atoms with van der Waals surface area (Å²) in [6.07, 6.45) is 0. The second-order valence-corrected chi connectivity index (χ2v) is 8.68. The largest absolute Gasteiger partial charge is 0.507 e. The molecule has 1 aromatic heterocycles. The number of hydrogen-bond acceptors (Lipinski definition) is 7. The lowest BCUT2D eigenvalue weighted by Gasteiger charge is -2.32. The summed E-state index contributed by atoms with van der Waals surface area (Å²) in [4.78, 5) is 17.3. The van der Waals surface area contributed by atoms with Crippen molar-refractivity contribution < 1.29 is 23.9 Å². The van der Waals surface area contributed by atoms with Crippen molar-refractivity contribution in [2.75, 3.05) is 46.4 Å². The summed E-state index contributed by atoms with van der Waals surface area (Å²) >= 11 is 6.04. The van der Waals surface area contributed by atoms with Crippen molar-refractivity contribution in [1.82, 2.24) is 20.3 Å². The summed E-state index contributed by atoms with van der Waals surface area (Å²) in [5.41, 5.74) is 2.20. The zero-order chi connectivity index (χ0) is 24.2. The van der Waals surface area contributed by atoms with Crippen LogP contribution in [0.5, 0.6) is 11.5 Å². The van der Waals surface area contributed by atoms with Gasteiger partial charge >= 0.3 is 0 Å². The normalized spacial score (nSPS) is 14.9. The van der Waals surface area contributed by atoms with Crippen LogP contribution in [0.25, 0.3) is 22.5 Å². The monoisotopic (exact) mass is 487 g/mol. The third-order valence-corrected chi connectivity index (χ3v) is 6.14. The summed E-state index contributed by atoms with van der Waals surface area (Å²) < 4.78 is 18.1. The third kappa shape index (κ3) is 5.16. The van der Waals surface area contributed by atoms with Crippen molar-refractivity contribution in [3.05, 3.63) is 52.7 Å². The number of aromatic hydroxyl groups is 2. The highest BCUT2D eigenvalue weighted by Crippen LogP contribution is 2.42. The van der Waals surface area contributed by atoms with E-state index < -0.39 is 12.6 Å². The van der Waals surface area contributed by atoms with Crippen LogP contribution in [0, 0.1) is 0 Å². The van der Waals surface area contributed by atoms with Gasteiger partial charge in [0.15, 0.2) is 11.5 Å². The number of piperazine rings is 1. The van der Waals surface area contributed by atoms with Gasteiger partial charge in [0.2, 0.25) is 0 Å². The van der Waals surface area contributed by atoms with Gasteiger partial charge in [-0.25, -0.2) is 4.39 Å². The highest BCUT2D eigenvalue weighted by molar-refractivity contribution is 6.32. The SMILES string of the molecule is CN1CCN(Cc2ccc(-c3c(C(=O)NCC[18F])noc3-c3cc(Cl)c(O)cc3O)cc2)CC1. The molecular weight excluding hydrogens is 462 g/mol. The van der Waals surface area contributed by atoms with Crippen LogP contribution < -0.4 is 5.32 Å². The van der Waals surface area contributed by atoms with Crippen LogP contribution in [0.3, 0.4) is 0 Å². The fourth-order valence-electron chi connectivity index (χ4n) is 3.91. The number of likely N-dealkylation sites (N-methyl/N-ethyl adjacent to an activating group) is 1. The number of halogens is 2. The first kappa shape index (κ1) is 24.0.